The van der Waals surface area contributed by atoms with Crippen molar-refractivity contribution in [3.63, 3.8) is 0 Å². The summed E-state index contributed by atoms with van der Waals surface area (Å²) in [4.78, 5) is 0. The Balaban J connectivity index is 3.61. The summed E-state index contributed by atoms with van der Waals surface area (Å²) in [6.45, 7) is 13.6. The third kappa shape index (κ3) is 5.00. The largest absolute Gasteiger partial charge is 0.385 e. The van der Waals surface area contributed by atoms with Gasteiger partial charge in [0.15, 0.2) is 0 Å². The molecule has 0 aliphatic rings. The summed E-state index contributed by atoms with van der Waals surface area (Å²) in [5, 5.41) is 3.28. The van der Waals surface area contributed by atoms with Crippen LogP contribution in [0.3, 0.4) is 0 Å². The van der Waals surface area contributed by atoms with Gasteiger partial charge in [-0.05, 0) is 24.8 Å². The zero-order valence-corrected chi connectivity index (χ0v) is 8.72. The monoisotopic (exact) mass is 167 g/mol. The quantitative estimate of drug-likeness (QED) is 0.621. The van der Waals surface area contributed by atoms with Crippen LogP contribution in [0.2, 0.25) is 0 Å². The van der Waals surface area contributed by atoms with Gasteiger partial charge in [-0.2, -0.15) is 0 Å². The smallest absolute Gasteiger partial charge is 0.0263 e. The summed E-state index contributed by atoms with van der Waals surface area (Å²) in [5.41, 5.74) is 1.00. The van der Waals surface area contributed by atoms with E-state index in [0.29, 0.717) is 5.92 Å². The molecule has 0 fully saturated rings. The SMILES string of the molecule is C=C(/C=C\C)NC[C@@H](C)C(C)C. The van der Waals surface area contributed by atoms with Crippen molar-refractivity contribution in [2.24, 2.45) is 11.8 Å². The summed E-state index contributed by atoms with van der Waals surface area (Å²) >= 11 is 0. The normalized spacial score (nSPS) is 13.8. The number of rotatable bonds is 5. The molecule has 0 radical (unpaired) electrons. The molecular weight excluding hydrogens is 146 g/mol. The molecule has 0 saturated heterocycles. The zero-order chi connectivity index (χ0) is 9.56. The van der Waals surface area contributed by atoms with Gasteiger partial charge in [0, 0.05) is 12.2 Å². The Kier molecular flexibility index (Phi) is 5.52. The minimum atomic E-state index is 0.701. The van der Waals surface area contributed by atoms with Gasteiger partial charge in [0.05, 0.1) is 0 Å². The van der Waals surface area contributed by atoms with E-state index in [0.717, 1.165) is 18.2 Å². The van der Waals surface area contributed by atoms with E-state index in [2.05, 4.69) is 32.7 Å². The van der Waals surface area contributed by atoms with Crippen molar-refractivity contribution in [1.82, 2.24) is 5.32 Å². The molecule has 0 unspecified atom stereocenters. The fraction of sp³-hybridized carbons (Fsp3) is 0.636. The summed E-state index contributed by atoms with van der Waals surface area (Å²) in [6, 6.07) is 0. The van der Waals surface area contributed by atoms with E-state index in [1.807, 2.05) is 19.1 Å². The number of hydrogen-bond donors (Lipinski definition) is 1. The Bertz CT molecular complexity index is 156. The molecule has 0 rings (SSSR count). The fourth-order valence-electron chi connectivity index (χ4n) is 0.788. The maximum atomic E-state index is 3.88. The van der Waals surface area contributed by atoms with Gasteiger partial charge in [-0.25, -0.2) is 0 Å². The second-order valence-electron chi connectivity index (χ2n) is 3.63. The third-order valence-electron chi connectivity index (χ3n) is 2.16. The zero-order valence-electron chi connectivity index (χ0n) is 8.72. The van der Waals surface area contributed by atoms with E-state index in [4.69, 9.17) is 0 Å². The Morgan fingerprint density at radius 1 is 1.42 bits per heavy atom. The molecule has 0 saturated carbocycles. The Hall–Kier alpha value is -0.720. The van der Waals surface area contributed by atoms with E-state index in [1.165, 1.54) is 0 Å². The van der Waals surface area contributed by atoms with Gasteiger partial charge in [0.2, 0.25) is 0 Å². The van der Waals surface area contributed by atoms with Crippen LogP contribution in [-0.4, -0.2) is 6.54 Å². The van der Waals surface area contributed by atoms with Gasteiger partial charge in [-0.1, -0.05) is 33.4 Å². The highest BCUT2D eigenvalue weighted by Gasteiger charge is 2.05. The molecule has 1 N–H and O–H groups in total. The van der Waals surface area contributed by atoms with Crippen LogP contribution in [0.5, 0.6) is 0 Å². The summed E-state index contributed by atoms with van der Waals surface area (Å²) in [5.74, 6) is 1.43. The second-order valence-corrected chi connectivity index (χ2v) is 3.63. The number of hydrogen-bond acceptors (Lipinski definition) is 1. The molecule has 0 amide bonds. The highest BCUT2D eigenvalue weighted by molar-refractivity contribution is 5.11. The lowest BCUT2D eigenvalue weighted by atomic mass is 9.98. The molecule has 0 heterocycles. The average molecular weight is 167 g/mol. The molecule has 0 aromatic carbocycles. The molecule has 70 valence electrons. The molecule has 1 heteroatoms. The van der Waals surface area contributed by atoms with E-state index < -0.39 is 0 Å². The Labute approximate surface area is 76.6 Å². The lowest BCUT2D eigenvalue weighted by molar-refractivity contribution is 0.408. The van der Waals surface area contributed by atoms with Crippen LogP contribution in [0, 0.1) is 11.8 Å². The minimum absolute atomic E-state index is 0.701. The van der Waals surface area contributed by atoms with Crippen LogP contribution in [-0.2, 0) is 0 Å². The van der Waals surface area contributed by atoms with E-state index >= 15 is 0 Å². The lowest BCUT2D eigenvalue weighted by Crippen LogP contribution is -2.22. The van der Waals surface area contributed by atoms with Gasteiger partial charge < -0.3 is 5.32 Å². The average Bonchev–Trinajstić information content (AvgIpc) is 2.00. The van der Waals surface area contributed by atoms with Crippen molar-refractivity contribution in [3.8, 4) is 0 Å². The van der Waals surface area contributed by atoms with Gasteiger partial charge in [0.1, 0.15) is 0 Å². The van der Waals surface area contributed by atoms with Gasteiger partial charge >= 0.3 is 0 Å². The fourth-order valence-corrected chi connectivity index (χ4v) is 0.788. The van der Waals surface area contributed by atoms with Crippen molar-refractivity contribution in [3.05, 3.63) is 24.4 Å². The van der Waals surface area contributed by atoms with E-state index in [9.17, 15) is 0 Å². The molecular formula is C11H21N. The van der Waals surface area contributed by atoms with Crippen molar-refractivity contribution in [1.29, 1.82) is 0 Å². The molecule has 0 bridgehead atoms. The van der Waals surface area contributed by atoms with Gasteiger partial charge in [0.25, 0.3) is 0 Å². The van der Waals surface area contributed by atoms with Crippen LogP contribution >= 0.6 is 0 Å². The first-order chi connectivity index (χ1) is 5.57. The number of nitrogens with one attached hydrogen (secondary N) is 1. The van der Waals surface area contributed by atoms with Crippen molar-refractivity contribution >= 4 is 0 Å². The van der Waals surface area contributed by atoms with Crippen LogP contribution < -0.4 is 5.32 Å². The topological polar surface area (TPSA) is 12.0 Å². The third-order valence-corrected chi connectivity index (χ3v) is 2.16. The molecule has 0 aliphatic heterocycles. The first-order valence-corrected chi connectivity index (χ1v) is 4.63. The first-order valence-electron chi connectivity index (χ1n) is 4.63. The molecule has 1 atom stereocenters. The predicted molar refractivity (Wildman–Crippen MR) is 56.0 cm³/mol. The Morgan fingerprint density at radius 2 is 2.00 bits per heavy atom. The molecule has 0 aliphatic carbocycles. The summed E-state index contributed by atoms with van der Waals surface area (Å²) in [6.07, 6.45) is 3.99. The minimum Gasteiger partial charge on any atom is -0.385 e. The summed E-state index contributed by atoms with van der Waals surface area (Å²) < 4.78 is 0. The molecule has 12 heavy (non-hydrogen) atoms. The predicted octanol–water partition coefficient (Wildman–Crippen LogP) is 2.96. The highest BCUT2D eigenvalue weighted by atomic mass is 14.9. The molecule has 0 spiro atoms. The van der Waals surface area contributed by atoms with Crippen LogP contribution in [0.25, 0.3) is 0 Å². The lowest BCUT2D eigenvalue weighted by Gasteiger charge is -2.16. The van der Waals surface area contributed by atoms with Crippen molar-refractivity contribution < 1.29 is 0 Å². The standard InChI is InChI=1S/C11H21N/c1-6-7-11(5)12-8-10(4)9(2)3/h6-7,9-10,12H,5,8H2,1-4H3/b7-6-/t10-/m1/s1. The van der Waals surface area contributed by atoms with Crippen LogP contribution in [0.4, 0.5) is 0 Å². The van der Waals surface area contributed by atoms with E-state index in [1.54, 1.807) is 0 Å². The van der Waals surface area contributed by atoms with E-state index in [-0.39, 0.29) is 0 Å². The van der Waals surface area contributed by atoms with Crippen LogP contribution in [0.15, 0.2) is 24.4 Å². The van der Waals surface area contributed by atoms with Gasteiger partial charge in [-0.3, -0.25) is 0 Å². The maximum absolute atomic E-state index is 3.88. The Morgan fingerprint density at radius 3 is 2.42 bits per heavy atom. The van der Waals surface area contributed by atoms with Crippen molar-refractivity contribution in [2.75, 3.05) is 6.54 Å². The highest BCUT2D eigenvalue weighted by Crippen LogP contribution is 2.08. The molecule has 0 aromatic heterocycles. The summed E-state index contributed by atoms with van der Waals surface area (Å²) in [7, 11) is 0. The van der Waals surface area contributed by atoms with Gasteiger partial charge in [-0.15, -0.1) is 0 Å². The van der Waals surface area contributed by atoms with Crippen molar-refractivity contribution in [2.45, 2.75) is 27.7 Å². The molecule has 0 aromatic rings. The molecule has 1 nitrogen and oxygen atoms in total. The first kappa shape index (κ1) is 11.3. The second kappa shape index (κ2) is 5.87. The van der Waals surface area contributed by atoms with Crippen LogP contribution in [0.1, 0.15) is 27.7 Å². The number of allylic oxidation sites excluding steroid dienone is 2. The maximum Gasteiger partial charge on any atom is 0.0263 e.